The van der Waals surface area contributed by atoms with E-state index < -0.39 is 19.4 Å². The van der Waals surface area contributed by atoms with Crippen molar-refractivity contribution in [2.24, 2.45) is 5.14 Å². The molecular weight excluding hydrogens is 438 g/mol. The Kier molecular flexibility index (Phi) is 6.29. The van der Waals surface area contributed by atoms with Crippen LogP contribution in [-0.2, 0) is 19.4 Å². The van der Waals surface area contributed by atoms with Crippen LogP contribution in [0, 0.1) is 0 Å². The molecule has 5 N–H and O–H groups in total. The molecule has 3 rings (SSSR count). The Morgan fingerprint density at radius 2 is 1.78 bits per heavy atom. The Hall–Kier alpha value is -1.96. The number of rotatable bonds is 3. The highest BCUT2D eigenvalue weighted by atomic mass is 35.7. The van der Waals surface area contributed by atoms with Crippen LogP contribution in [0.2, 0.25) is 0 Å². The number of hydrogen-bond donors (Lipinski definition) is 3. The molecule has 27 heavy (non-hydrogen) atoms. The average Bonchev–Trinajstić information content (AvgIpc) is 2.94. The lowest BCUT2D eigenvalue weighted by atomic mass is 10.2. The van der Waals surface area contributed by atoms with Gasteiger partial charge in [0.15, 0.2) is 0 Å². The van der Waals surface area contributed by atoms with Gasteiger partial charge in [-0.2, -0.15) is 8.42 Å². The molecule has 0 amide bonds. The van der Waals surface area contributed by atoms with E-state index in [1.165, 1.54) is 30.6 Å². The van der Waals surface area contributed by atoms with Gasteiger partial charge in [0.1, 0.15) is 10.8 Å². The quantitative estimate of drug-likeness (QED) is 0.310. The van der Waals surface area contributed by atoms with E-state index in [0.29, 0.717) is 22.0 Å². The van der Waals surface area contributed by atoms with Gasteiger partial charge >= 0.3 is 9.33 Å². The molecule has 0 saturated carbocycles. The molecule has 3 aromatic rings. The fourth-order valence-electron chi connectivity index (χ4n) is 2.09. The smallest absolute Gasteiger partial charge is 0.353 e. The van der Waals surface area contributed by atoms with Gasteiger partial charge in [-0.05, 0) is 36.4 Å². The Labute approximate surface area is 163 Å². The van der Waals surface area contributed by atoms with Crippen molar-refractivity contribution >= 4 is 57.3 Å². The first-order valence-electron chi connectivity index (χ1n) is 6.93. The van der Waals surface area contributed by atoms with Gasteiger partial charge in [0.05, 0.1) is 27.8 Å². The fraction of sp³-hybridized carbons (Fsp3) is 0.0714. The molecule has 0 bridgehead atoms. The van der Waals surface area contributed by atoms with Gasteiger partial charge in [-0.3, -0.25) is 4.55 Å². The first kappa shape index (κ1) is 21.3. The maximum Gasteiger partial charge on any atom is 0.353 e. The van der Waals surface area contributed by atoms with Crippen LogP contribution in [0.15, 0.2) is 41.3 Å². The number of ether oxygens (including phenoxy) is 1. The van der Waals surface area contributed by atoms with E-state index in [0.717, 1.165) is 10.2 Å². The van der Waals surface area contributed by atoms with Gasteiger partial charge < -0.3 is 10.5 Å². The minimum atomic E-state index is -4.19. The summed E-state index contributed by atoms with van der Waals surface area (Å²) in [6.07, 6.45) is 0. The van der Waals surface area contributed by atoms with Crippen LogP contribution < -0.4 is 15.6 Å². The van der Waals surface area contributed by atoms with Crippen LogP contribution in [0.3, 0.4) is 0 Å². The molecular formula is C14H14ClN3O6S3. The lowest BCUT2D eigenvalue weighted by molar-refractivity contribution is 0.416. The van der Waals surface area contributed by atoms with Crippen LogP contribution in [0.4, 0.5) is 5.69 Å². The van der Waals surface area contributed by atoms with E-state index in [9.17, 15) is 8.42 Å². The molecule has 0 unspecified atom stereocenters. The molecule has 0 saturated heterocycles. The summed E-state index contributed by atoms with van der Waals surface area (Å²) in [4.78, 5) is 4.51. The number of sulfonamides is 1. The van der Waals surface area contributed by atoms with Crippen LogP contribution >= 0.6 is 22.0 Å². The lowest BCUT2D eigenvalue weighted by Gasteiger charge is -2.07. The number of aromatic nitrogens is 1. The molecule has 0 atom stereocenters. The minimum absolute atomic E-state index is 0.0158. The van der Waals surface area contributed by atoms with E-state index >= 15 is 0 Å². The summed E-state index contributed by atoms with van der Waals surface area (Å²) in [5.41, 5.74) is 7.70. The molecule has 9 nitrogen and oxygen atoms in total. The van der Waals surface area contributed by atoms with E-state index in [-0.39, 0.29) is 4.90 Å². The number of halogens is 1. The predicted octanol–water partition coefficient (Wildman–Crippen LogP) is 2.23. The number of thiazole rings is 1. The highest BCUT2D eigenvalue weighted by Crippen LogP contribution is 2.37. The molecule has 0 aliphatic rings. The zero-order valence-corrected chi connectivity index (χ0v) is 16.9. The van der Waals surface area contributed by atoms with Gasteiger partial charge in [0.2, 0.25) is 10.0 Å². The molecule has 0 radical (unpaired) electrons. The van der Waals surface area contributed by atoms with Crippen molar-refractivity contribution in [3.05, 3.63) is 36.4 Å². The molecule has 1 heterocycles. The van der Waals surface area contributed by atoms with Crippen LogP contribution in [0.5, 0.6) is 5.75 Å². The molecule has 13 heteroatoms. The maximum atomic E-state index is 11.5. The average molecular weight is 452 g/mol. The summed E-state index contributed by atoms with van der Waals surface area (Å²) in [7, 11) is -2.42. The second-order valence-electron chi connectivity index (χ2n) is 5.07. The molecule has 2 aromatic carbocycles. The number of fused-ring (bicyclic) bond motifs is 1. The highest BCUT2D eigenvalue weighted by molar-refractivity contribution is 8.09. The third kappa shape index (κ3) is 6.02. The Morgan fingerprint density at radius 1 is 1.15 bits per heavy atom. The summed E-state index contributed by atoms with van der Waals surface area (Å²) < 4.78 is 54.5. The summed E-state index contributed by atoms with van der Waals surface area (Å²) in [5.74, 6) is 0.527. The molecule has 1 aromatic heterocycles. The summed E-state index contributed by atoms with van der Waals surface area (Å²) in [6, 6.07) is 9.88. The largest absolute Gasteiger partial charge is 0.496 e. The number of benzene rings is 2. The third-order valence-corrected chi connectivity index (χ3v) is 5.12. The number of methoxy groups -OCH3 is 1. The van der Waals surface area contributed by atoms with Gasteiger partial charge in [-0.15, -0.1) is 11.3 Å². The highest BCUT2D eigenvalue weighted by Gasteiger charge is 2.16. The van der Waals surface area contributed by atoms with Crippen molar-refractivity contribution in [1.82, 2.24) is 4.98 Å². The normalized spacial score (nSPS) is 11.7. The standard InChI is InChI=1S/C14H13N3O3S2.ClHO3S/c1-20-12-4-3-9(22(16,18)19)7-10(12)14-17-11-6-8(15)2-5-13(11)21-14;1-5(2,3)4/h2-7H,15H2,1H3,(H2,16,18,19);(H,2,3,4). The number of nitrogen functional groups attached to an aromatic ring is 1. The SMILES string of the molecule is COc1ccc(S(N)(=O)=O)cc1-c1nc2cc(N)ccc2s1.O=S(=O)(O)Cl. The number of primary sulfonamides is 1. The number of nitrogens with zero attached hydrogens (tertiary/aromatic N) is 1. The van der Waals surface area contributed by atoms with Gasteiger partial charge in [0, 0.05) is 16.4 Å². The minimum Gasteiger partial charge on any atom is -0.496 e. The first-order chi connectivity index (χ1) is 12.4. The van der Waals surface area contributed by atoms with Crippen molar-refractivity contribution in [1.29, 1.82) is 0 Å². The lowest BCUT2D eigenvalue weighted by Crippen LogP contribution is -2.12. The monoisotopic (exact) mass is 451 g/mol. The van der Waals surface area contributed by atoms with E-state index in [4.69, 9.17) is 28.6 Å². The van der Waals surface area contributed by atoms with E-state index in [1.807, 2.05) is 6.07 Å². The molecule has 0 spiro atoms. The molecule has 146 valence electrons. The van der Waals surface area contributed by atoms with Crippen molar-refractivity contribution in [3.8, 4) is 16.3 Å². The van der Waals surface area contributed by atoms with Crippen molar-refractivity contribution in [2.75, 3.05) is 12.8 Å². The molecule has 0 aliphatic carbocycles. The number of hydrogen-bond acceptors (Lipinski definition) is 8. The second kappa shape index (κ2) is 7.96. The summed E-state index contributed by atoms with van der Waals surface area (Å²) in [5, 5.41) is 5.83. The van der Waals surface area contributed by atoms with Crippen molar-refractivity contribution in [2.45, 2.75) is 4.90 Å². The zero-order valence-electron chi connectivity index (χ0n) is 13.7. The Morgan fingerprint density at radius 3 is 2.33 bits per heavy atom. The van der Waals surface area contributed by atoms with Crippen LogP contribution in [0.25, 0.3) is 20.8 Å². The first-order valence-corrected chi connectivity index (χ1v) is 11.6. The van der Waals surface area contributed by atoms with E-state index in [1.54, 1.807) is 18.2 Å². The topological polar surface area (TPSA) is 163 Å². The number of anilines is 1. The van der Waals surface area contributed by atoms with Crippen LogP contribution in [-0.4, -0.2) is 33.5 Å². The van der Waals surface area contributed by atoms with Crippen molar-refractivity contribution < 1.29 is 26.1 Å². The van der Waals surface area contributed by atoms with Crippen LogP contribution in [0.1, 0.15) is 0 Å². The Balaban J connectivity index is 0.000000465. The van der Waals surface area contributed by atoms with Gasteiger partial charge in [-0.25, -0.2) is 18.5 Å². The van der Waals surface area contributed by atoms with E-state index in [2.05, 4.69) is 15.7 Å². The fourth-order valence-corrected chi connectivity index (χ4v) is 3.60. The molecule has 0 aliphatic heterocycles. The third-order valence-electron chi connectivity index (χ3n) is 3.14. The van der Waals surface area contributed by atoms with Crippen molar-refractivity contribution in [3.63, 3.8) is 0 Å². The zero-order chi connectivity index (χ0) is 20.4. The molecule has 0 fully saturated rings. The van der Waals surface area contributed by atoms with Gasteiger partial charge in [0.25, 0.3) is 0 Å². The predicted molar refractivity (Wildman–Crippen MR) is 105 cm³/mol. The Bertz CT molecular complexity index is 1180. The second-order valence-corrected chi connectivity index (χ2v) is 9.65. The summed E-state index contributed by atoms with van der Waals surface area (Å²) >= 11 is 1.43. The number of nitrogens with two attached hydrogens (primary N) is 2. The summed E-state index contributed by atoms with van der Waals surface area (Å²) in [6.45, 7) is 0. The van der Waals surface area contributed by atoms with Gasteiger partial charge in [-0.1, -0.05) is 0 Å². The maximum absolute atomic E-state index is 11.5.